The number of aromatic nitrogens is 2. The van der Waals surface area contributed by atoms with Crippen LogP contribution in [-0.2, 0) is 9.53 Å². The summed E-state index contributed by atoms with van der Waals surface area (Å²) in [4.78, 5) is 18.6. The van der Waals surface area contributed by atoms with Crippen LogP contribution in [-0.4, -0.2) is 34.3 Å². The number of benzene rings is 2. The van der Waals surface area contributed by atoms with Gasteiger partial charge in [0.15, 0.2) is 5.11 Å². The number of nitrogens with zero attached hydrogens (tertiary/aromatic N) is 3. The fourth-order valence-corrected chi connectivity index (χ4v) is 5.42. The second kappa shape index (κ2) is 10.7. The summed E-state index contributed by atoms with van der Waals surface area (Å²) in [5, 5.41) is 6.83. The molecular formula is C29H28FN5O2S. The zero-order valence-electron chi connectivity index (χ0n) is 21.3. The molecule has 0 spiro atoms. The van der Waals surface area contributed by atoms with Crippen LogP contribution in [0.15, 0.2) is 79.0 Å². The Kier molecular flexibility index (Phi) is 7.22. The van der Waals surface area contributed by atoms with Gasteiger partial charge in [0.05, 0.1) is 23.5 Å². The summed E-state index contributed by atoms with van der Waals surface area (Å²) < 4.78 is 21.7. The van der Waals surface area contributed by atoms with E-state index in [9.17, 15) is 9.18 Å². The molecule has 38 heavy (non-hydrogen) atoms. The molecule has 0 saturated carbocycles. The number of rotatable bonds is 7. The number of amides is 1. The molecule has 1 aliphatic rings. The Morgan fingerprint density at radius 3 is 2.53 bits per heavy atom. The molecule has 4 aromatic rings. The number of hydrogen-bond acceptors (Lipinski definition) is 4. The smallest absolute Gasteiger partial charge is 0.250 e. The van der Waals surface area contributed by atoms with Crippen LogP contribution >= 0.6 is 12.2 Å². The zero-order valence-corrected chi connectivity index (χ0v) is 22.1. The van der Waals surface area contributed by atoms with Crippen molar-refractivity contribution in [3.63, 3.8) is 0 Å². The third-order valence-corrected chi connectivity index (χ3v) is 7.00. The van der Waals surface area contributed by atoms with Crippen molar-refractivity contribution < 1.29 is 13.9 Å². The fraction of sp³-hybridized carbons (Fsp3) is 0.207. The quantitative estimate of drug-likeness (QED) is 0.313. The van der Waals surface area contributed by atoms with Crippen molar-refractivity contribution in [2.45, 2.75) is 25.9 Å². The Bertz CT molecular complexity index is 1470. The molecule has 194 valence electrons. The van der Waals surface area contributed by atoms with Crippen LogP contribution in [0.4, 0.5) is 15.8 Å². The molecule has 5 rings (SSSR count). The Labute approximate surface area is 226 Å². The summed E-state index contributed by atoms with van der Waals surface area (Å²) in [6.45, 7) is 3.95. The highest BCUT2D eigenvalue weighted by molar-refractivity contribution is 7.80. The molecule has 1 amide bonds. The molecule has 0 aliphatic carbocycles. The van der Waals surface area contributed by atoms with Gasteiger partial charge in [-0.15, -0.1) is 0 Å². The highest BCUT2D eigenvalue weighted by atomic mass is 32.1. The lowest BCUT2D eigenvalue weighted by molar-refractivity contribution is -0.119. The molecule has 2 aromatic carbocycles. The Morgan fingerprint density at radius 1 is 1.11 bits per heavy atom. The molecule has 0 radical (unpaired) electrons. The van der Waals surface area contributed by atoms with Crippen LogP contribution in [0.1, 0.15) is 34.7 Å². The molecule has 0 bridgehead atoms. The maximum Gasteiger partial charge on any atom is 0.250 e. The summed E-state index contributed by atoms with van der Waals surface area (Å²) in [6, 6.07) is 21.7. The number of thiocarbonyl (C=S) groups is 1. The predicted octanol–water partition coefficient (Wildman–Crippen LogP) is 5.39. The lowest BCUT2D eigenvalue weighted by Crippen LogP contribution is -2.29. The number of hydrogen-bond donors (Lipinski definition) is 2. The Morgan fingerprint density at radius 2 is 1.84 bits per heavy atom. The van der Waals surface area contributed by atoms with E-state index in [0.29, 0.717) is 16.5 Å². The summed E-state index contributed by atoms with van der Waals surface area (Å²) >= 11 is 5.85. The van der Waals surface area contributed by atoms with E-state index in [0.717, 1.165) is 28.3 Å². The second-order valence-electron chi connectivity index (χ2n) is 9.14. The number of anilines is 2. The minimum absolute atomic E-state index is 0.0205. The van der Waals surface area contributed by atoms with E-state index in [1.807, 2.05) is 66.9 Å². The normalized spacial score (nSPS) is 16.9. The van der Waals surface area contributed by atoms with Gasteiger partial charge in [-0.3, -0.25) is 9.78 Å². The van der Waals surface area contributed by atoms with Crippen molar-refractivity contribution >= 4 is 34.6 Å². The molecule has 2 atom stereocenters. The van der Waals surface area contributed by atoms with E-state index < -0.39 is 0 Å². The van der Waals surface area contributed by atoms with Gasteiger partial charge in [0.25, 0.3) is 0 Å². The molecular weight excluding hydrogens is 501 g/mol. The Balaban J connectivity index is 1.59. The SMILES string of the molecule is COCC(=O)Nc1ccc(N2C(=S)N[C@H](c3ccccn3)[C@@H]2c2cc(C)n(-c3ccccc3F)c2C)cc1. The summed E-state index contributed by atoms with van der Waals surface area (Å²) in [5.41, 5.74) is 5.69. The highest BCUT2D eigenvalue weighted by Crippen LogP contribution is 2.44. The predicted molar refractivity (Wildman–Crippen MR) is 150 cm³/mol. The van der Waals surface area contributed by atoms with E-state index in [2.05, 4.69) is 26.6 Å². The molecule has 1 aliphatic heterocycles. The van der Waals surface area contributed by atoms with E-state index in [1.165, 1.54) is 13.2 Å². The standard InChI is InChI=1S/C29H28FN5O2S/c1-18-16-22(19(2)34(18)25-10-5-4-8-23(25)30)28-27(24-9-6-7-15-31-24)33-29(38)35(28)21-13-11-20(12-14-21)32-26(36)17-37-3/h4-16,27-28H,17H2,1-3H3,(H,32,36)(H,33,38)/t27-,28+/m1/s1. The van der Waals surface area contributed by atoms with Gasteiger partial charge in [0.1, 0.15) is 12.4 Å². The molecule has 1 saturated heterocycles. The molecule has 2 aromatic heterocycles. The van der Waals surface area contributed by atoms with Crippen molar-refractivity contribution in [3.8, 4) is 5.69 Å². The van der Waals surface area contributed by atoms with Crippen LogP contribution in [0.2, 0.25) is 0 Å². The zero-order chi connectivity index (χ0) is 26.8. The fourth-order valence-electron chi connectivity index (χ4n) is 5.07. The Hall–Kier alpha value is -4.08. The van der Waals surface area contributed by atoms with Crippen molar-refractivity contribution in [3.05, 3.63) is 107 Å². The molecule has 2 N–H and O–H groups in total. The first kappa shape index (κ1) is 25.6. The van der Waals surface area contributed by atoms with E-state index >= 15 is 0 Å². The second-order valence-corrected chi connectivity index (χ2v) is 9.52. The average Bonchev–Trinajstić information content (AvgIpc) is 3.40. The molecule has 9 heteroatoms. The summed E-state index contributed by atoms with van der Waals surface area (Å²) in [6.07, 6.45) is 1.76. The number of halogens is 1. The van der Waals surface area contributed by atoms with Crippen LogP contribution in [0.25, 0.3) is 5.69 Å². The van der Waals surface area contributed by atoms with Crippen LogP contribution in [0, 0.1) is 19.7 Å². The van der Waals surface area contributed by atoms with Crippen LogP contribution in [0.5, 0.6) is 0 Å². The first-order valence-electron chi connectivity index (χ1n) is 12.2. The third kappa shape index (κ3) is 4.78. The van der Waals surface area contributed by atoms with Gasteiger partial charge in [0.2, 0.25) is 5.91 Å². The largest absolute Gasteiger partial charge is 0.375 e. The maximum atomic E-state index is 14.8. The molecule has 3 heterocycles. The monoisotopic (exact) mass is 529 g/mol. The maximum absolute atomic E-state index is 14.8. The van der Waals surface area contributed by atoms with Gasteiger partial charge < -0.3 is 24.8 Å². The molecule has 0 unspecified atom stereocenters. The first-order chi connectivity index (χ1) is 18.4. The average molecular weight is 530 g/mol. The van der Waals surface area contributed by atoms with E-state index in [-0.39, 0.29) is 30.4 Å². The number of pyridine rings is 1. The number of nitrogens with one attached hydrogen (secondary N) is 2. The topological polar surface area (TPSA) is 71.4 Å². The number of ether oxygens (including phenoxy) is 1. The van der Waals surface area contributed by atoms with Crippen LogP contribution < -0.4 is 15.5 Å². The minimum atomic E-state index is -0.287. The molecule has 1 fully saturated rings. The number of para-hydroxylation sites is 1. The third-order valence-electron chi connectivity index (χ3n) is 6.69. The van der Waals surface area contributed by atoms with Gasteiger partial charge in [-0.05, 0) is 86.2 Å². The molecule has 7 nitrogen and oxygen atoms in total. The first-order valence-corrected chi connectivity index (χ1v) is 12.6. The van der Waals surface area contributed by atoms with Gasteiger partial charge in [0, 0.05) is 36.1 Å². The van der Waals surface area contributed by atoms with E-state index in [1.54, 1.807) is 18.3 Å². The lowest BCUT2D eigenvalue weighted by atomic mass is 9.96. The number of methoxy groups -OCH3 is 1. The summed E-state index contributed by atoms with van der Waals surface area (Å²) in [5.74, 6) is -0.516. The van der Waals surface area contributed by atoms with Gasteiger partial charge in [-0.1, -0.05) is 18.2 Å². The minimum Gasteiger partial charge on any atom is -0.375 e. The van der Waals surface area contributed by atoms with Gasteiger partial charge >= 0.3 is 0 Å². The lowest BCUT2D eigenvalue weighted by Gasteiger charge is -2.28. The van der Waals surface area contributed by atoms with Gasteiger partial charge in [-0.25, -0.2) is 4.39 Å². The highest BCUT2D eigenvalue weighted by Gasteiger charge is 2.42. The number of carbonyl (C=O) groups is 1. The summed E-state index contributed by atoms with van der Waals surface area (Å²) in [7, 11) is 1.48. The van der Waals surface area contributed by atoms with Crippen molar-refractivity contribution in [2.24, 2.45) is 0 Å². The van der Waals surface area contributed by atoms with Crippen molar-refractivity contribution in [1.29, 1.82) is 0 Å². The van der Waals surface area contributed by atoms with Gasteiger partial charge in [-0.2, -0.15) is 0 Å². The van der Waals surface area contributed by atoms with E-state index in [4.69, 9.17) is 17.0 Å². The van der Waals surface area contributed by atoms with Crippen molar-refractivity contribution in [2.75, 3.05) is 23.9 Å². The van der Waals surface area contributed by atoms with Crippen molar-refractivity contribution in [1.82, 2.24) is 14.9 Å². The number of aryl methyl sites for hydroxylation is 1. The van der Waals surface area contributed by atoms with Crippen LogP contribution in [0.3, 0.4) is 0 Å². The number of carbonyl (C=O) groups excluding carboxylic acids is 1.